The fourth-order valence-corrected chi connectivity index (χ4v) is 5.36. The first kappa shape index (κ1) is 30.8. The van der Waals surface area contributed by atoms with Gasteiger partial charge in [-0.25, -0.2) is 4.98 Å². The van der Waals surface area contributed by atoms with Gasteiger partial charge >= 0.3 is 5.97 Å². The molecule has 2 amide bonds. The zero-order valence-corrected chi connectivity index (χ0v) is 24.1. The SMILES string of the molecule is COc1ccc(-c2ncns2)cc1CC(=O)N[C@H](C(=O)N[C@@H](CC(=O)O)C(=O)CSCc1ccccc1)C(C)C. The van der Waals surface area contributed by atoms with Crippen LogP contribution in [0.15, 0.2) is 54.9 Å². The molecule has 1 aromatic heterocycles. The third kappa shape index (κ3) is 9.16. The number of ether oxygens (including phenoxy) is 1. The number of Topliss-reactive ketones (excluding diaryl/α,β-unsaturated/α-hetero) is 1. The van der Waals surface area contributed by atoms with Crippen LogP contribution in [-0.2, 0) is 31.4 Å². The van der Waals surface area contributed by atoms with Gasteiger partial charge in [0.25, 0.3) is 0 Å². The predicted molar refractivity (Wildman–Crippen MR) is 154 cm³/mol. The van der Waals surface area contributed by atoms with Gasteiger partial charge in [0.05, 0.1) is 31.7 Å². The number of ketones is 1. The van der Waals surface area contributed by atoms with Gasteiger partial charge in [-0.2, -0.15) is 4.37 Å². The van der Waals surface area contributed by atoms with E-state index in [4.69, 9.17) is 4.74 Å². The zero-order chi connectivity index (χ0) is 29.1. The van der Waals surface area contributed by atoms with E-state index < -0.39 is 42.1 Å². The molecule has 2 atom stereocenters. The minimum absolute atomic E-state index is 0.0383. The van der Waals surface area contributed by atoms with E-state index in [1.807, 2.05) is 36.4 Å². The van der Waals surface area contributed by atoms with Crippen molar-refractivity contribution < 1.29 is 29.0 Å². The highest BCUT2D eigenvalue weighted by molar-refractivity contribution is 7.99. The number of rotatable bonds is 15. The summed E-state index contributed by atoms with van der Waals surface area (Å²) in [7, 11) is 1.50. The van der Waals surface area contributed by atoms with E-state index in [1.54, 1.807) is 26.0 Å². The average molecular weight is 585 g/mol. The molecule has 0 aliphatic heterocycles. The van der Waals surface area contributed by atoms with Crippen LogP contribution < -0.4 is 15.4 Å². The van der Waals surface area contributed by atoms with Gasteiger partial charge in [-0.15, -0.1) is 11.8 Å². The number of methoxy groups -OCH3 is 1. The van der Waals surface area contributed by atoms with Gasteiger partial charge in [0, 0.05) is 16.9 Å². The van der Waals surface area contributed by atoms with Crippen LogP contribution in [0, 0.1) is 5.92 Å². The number of carbonyl (C=O) groups excluding carboxylic acids is 3. The number of aromatic nitrogens is 2. The van der Waals surface area contributed by atoms with Crippen LogP contribution in [0.4, 0.5) is 0 Å². The topological polar surface area (TPSA) is 148 Å². The van der Waals surface area contributed by atoms with Gasteiger partial charge in [0.1, 0.15) is 23.1 Å². The van der Waals surface area contributed by atoms with Crippen molar-refractivity contribution in [2.24, 2.45) is 5.92 Å². The molecule has 0 unspecified atom stereocenters. The monoisotopic (exact) mass is 584 g/mol. The molecule has 0 saturated heterocycles. The van der Waals surface area contributed by atoms with Gasteiger partial charge in [-0.3, -0.25) is 19.2 Å². The lowest BCUT2D eigenvalue weighted by Crippen LogP contribution is -2.54. The lowest BCUT2D eigenvalue weighted by Gasteiger charge is -2.25. The Morgan fingerprint density at radius 1 is 1.07 bits per heavy atom. The molecular weight excluding hydrogens is 552 g/mol. The molecular formula is C28H32N4O6S2. The lowest BCUT2D eigenvalue weighted by molar-refractivity contribution is -0.140. The Bertz CT molecular complexity index is 1300. The number of amides is 2. The Balaban J connectivity index is 1.65. The summed E-state index contributed by atoms with van der Waals surface area (Å²) in [6.07, 6.45) is 0.831. The molecule has 0 aliphatic carbocycles. The van der Waals surface area contributed by atoms with E-state index in [0.29, 0.717) is 22.1 Å². The molecule has 0 spiro atoms. The Morgan fingerprint density at radius 3 is 2.45 bits per heavy atom. The van der Waals surface area contributed by atoms with E-state index in [-0.39, 0.29) is 18.1 Å². The summed E-state index contributed by atoms with van der Waals surface area (Å²) >= 11 is 2.57. The molecule has 3 rings (SSSR count). The van der Waals surface area contributed by atoms with Gasteiger partial charge in [0.2, 0.25) is 11.8 Å². The lowest BCUT2D eigenvalue weighted by atomic mass is 10.0. The van der Waals surface area contributed by atoms with Crippen molar-refractivity contribution in [1.29, 1.82) is 0 Å². The van der Waals surface area contributed by atoms with Crippen LogP contribution in [0.3, 0.4) is 0 Å². The Hall–Kier alpha value is -3.77. The van der Waals surface area contributed by atoms with Crippen molar-refractivity contribution in [3.63, 3.8) is 0 Å². The molecule has 1 heterocycles. The van der Waals surface area contributed by atoms with Crippen LogP contribution in [0.5, 0.6) is 5.75 Å². The molecule has 212 valence electrons. The van der Waals surface area contributed by atoms with Crippen molar-refractivity contribution in [3.8, 4) is 16.3 Å². The van der Waals surface area contributed by atoms with Crippen LogP contribution in [0.1, 0.15) is 31.4 Å². The summed E-state index contributed by atoms with van der Waals surface area (Å²) in [6.45, 7) is 3.51. The van der Waals surface area contributed by atoms with Gasteiger partial charge in [-0.1, -0.05) is 44.2 Å². The minimum Gasteiger partial charge on any atom is -0.496 e. The Labute approximate surface area is 241 Å². The van der Waals surface area contributed by atoms with E-state index in [1.165, 1.54) is 36.7 Å². The van der Waals surface area contributed by atoms with Crippen molar-refractivity contribution in [2.45, 2.75) is 44.5 Å². The number of carboxylic acids is 1. The van der Waals surface area contributed by atoms with Gasteiger partial charge < -0.3 is 20.5 Å². The molecule has 12 heteroatoms. The number of carbonyl (C=O) groups is 4. The van der Waals surface area contributed by atoms with Crippen molar-refractivity contribution in [2.75, 3.05) is 12.9 Å². The number of hydrogen-bond donors (Lipinski definition) is 3. The molecule has 40 heavy (non-hydrogen) atoms. The van der Waals surface area contributed by atoms with Crippen LogP contribution in [-0.4, -0.2) is 63.0 Å². The molecule has 3 aromatic rings. The van der Waals surface area contributed by atoms with Crippen molar-refractivity contribution in [1.82, 2.24) is 20.0 Å². The quantitative estimate of drug-likeness (QED) is 0.245. The predicted octanol–water partition coefficient (Wildman–Crippen LogP) is 3.36. The molecule has 0 fully saturated rings. The second kappa shape index (κ2) is 15.1. The van der Waals surface area contributed by atoms with Crippen LogP contribution >= 0.6 is 23.3 Å². The number of nitrogens with one attached hydrogen (secondary N) is 2. The van der Waals surface area contributed by atoms with Gasteiger partial charge in [-0.05, 0) is 41.2 Å². The molecule has 10 nitrogen and oxygen atoms in total. The maximum absolute atomic E-state index is 13.2. The second-order valence-corrected chi connectivity index (χ2v) is 11.1. The van der Waals surface area contributed by atoms with Crippen molar-refractivity contribution >= 4 is 46.9 Å². The molecule has 0 saturated carbocycles. The molecule has 3 N–H and O–H groups in total. The number of nitrogens with zero attached hydrogens (tertiary/aromatic N) is 2. The third-order valence-electron chi connectivity index (χ3n) is 5.95. The first-order valence-electron chi connectivity index (χ1n) is 12.6. The molecule has 0 aliphatic rings. The number of hydrogen-bond acceptors (Lipinski definition) is 9. The first-order chi connectivity index (χ1) is 19.2. The van der Waals surface area contributed by atoms with E-state index in [2.05, 4.69) is 20.0 Å². The second-order valence-electron chi connectivity index (χ2n) is 9.34. The number of aliphatic carboxylic acids is 1. The first-order valence-corrected chi connectivity index (χ1v) is 14.5. The number of carboxylic acid groups (broad SMARTS) is 1. The normalized spacial score (nSPS) is 12.4. The van der Waals surface area contributed by atoms with E-state index in [0.717, 1.165) is 11.1 Å². The standard InChI is InChI=1S/C28H32N4O6S2/c1-17(2)26(32-24(34)12-20-11-19(9-10-23(20)38-3)28-29-16-30-40-28)27(37)31-21(13-25(35)36)22(33)15-39-14-18-7-5-4-6-8-18/h4-11,16-17,21,26H,12-15H2,1-3H3,(H,31,37)(H,32,34)(H,35,36)/t21-,26-/m0/s1. The molecule has 0 radical (unpaired) electrons. The Morgan fingerprint density at radius 2 is 1.82 bits per heavy atom. The molecule has 2 aromatic carbocycles. The van der Waals surface area contributed by atoms with Crippen LogP contribution in [0.25, 0.3) is 10.6 Å². The molecule has 0 bridgehead atoms. The summed E-state index contributed by atoms with van der Waals surface area (Å²) in [4.78, 5) is 54.7. The minimum atomic E-state index is -1.21. The van der Waals surface area contributed by atoms with E-state index >= 15 is 0 Å². The highest BCUT2D eigenvalue weighted by atomic mass is 32.2. The fraction of sp³-hybridized carbons (Fsp3) is 0.357. The average Bonchev–Trinajstić information content (AvgIpc) is 3.46. The summed E-state index contributed by atoms with van der Waals surface area (Å²) in [5.41, 5.74) is 2.42. The highest BCUT2D eigenvalue weighted by Gasteiger charge is 2.30. The largest absolute Gasteiger partial charge is 0.496 e. The van der Waals surface area contributed by atoms with Gasteiger partial charge in [0.15, 0.2) is 5.78 Å². The summed E-state index contributed by atoms with van der Waals surface area (Å²) in [5, 5.41) is 15.3. The van der Waals surface area contributed by atoms with E-state index in [9.17, 15) is 24.3 Å². The highest BCUT2D eigenvalue weighted by Crippen LogP contribution is 2.27. The third-order valence-corrected chi connectivity index (χ3v) is 7.68. The Kier molecular flexibility index (Phi) is 11.6. The zero-order valence-electron chi connectivity index (χ0n) is 22.5. The fourth-order valence-electron chi connectivity index (χ4n) is 3.91. The smallest absolute Gasteiger partial charge is 0.305 e. The maximum atomic E-state index is 13.2. The summed E-state index contributed by atoms with van der Waals surface area (Å²) in [6, 6.07) is 12.7. The number of thioether (sulfide) groups is 1. The summed E-state index contributed by atoms with van der Waals surface area (Å²) in [5.74, 6) is -1.86. The van der Waals surface area contributed by atoms with Crippen LogP contribution in [0.2, 0.25) is 0 Å². The summed E-state index contributed by atoms with van der Waals surface area (Å²) < 4.78 is 9.42. The maximum Gasteiger partial charge on any atom is 0.305 e. The number of benzene rings is 2. The van der Waals surface area contributed by atoms with Crippen molar-refractivity contribution in [3.05, 3.63) is 66.0 Å².